The summed E-state index contributed by atoms with van der Waals surface area (Å²) in [5, 5.41) is 7.42. The van der Waals surface area contributed by atoms with Crippen molar-refractivity contribution in [2.24, 2.45) is 5.92 Å². The molecule has 2 fully saturated rings. The van der Waals surface area contributed by atoms with Crippen molar-refractivity contribution >= 4 is 21.4 Å². The van der Waals surface area contributed by atoms with Crippen LogP contribution in [0.1, 0.15) is 30.9 Å². The molecule has 4 rings (SSSR count). The van der Waals surface area contributed by atoms with E-state index in [1.807, 2.05) is 23.0 Å². The van der Waals surface area contributed by atoms with E-state index in [0.29, 0.717) is 18.0 Å². The van der Waals surface area contributed by atoms with Gasteiger partial charge >= 0.3 is 0 Å². The zero-order valence-electron chi connectivity index (χ0n) is 17.3. The molecule has 30 heavy (non-hydrogen) atoms. The van der Waals surface area contributed by atoms with Crippen molar-refractivity contribution in [2.45, 2.75) is 42.8 Å². The van der Waals surface area contributed by atoms with Gasteiger partial charge in [-0.1, -0.05) is 12.1 Å². The maximum atomic E-state index is 12.0. The minimum atomic E-state index is -3.19. The van der Waals surface area contributed by atoms with E-state index in [1.165, 1.54) is 6.26 Å². The van der Waals surface area contributed by atoms with Gasteiger partial charge in [-0.2, -0.15) is 5.10 Å². The second-order valence-electron chi connectivity index (χ2n) is 8.32. The summed E-state index contributed by atoms with van der Waals surface area (Å²) in [5.41, 5.74) is 1.80. The van der Waals surface area contributed by atoms with Crippen LogP contribution in [-0.4, -0.2) is 61.6 Å². The molecular formula is C21H28N4O4S. The Hall–Kier alpha value is -2.23. The number of nitrogens with one attached hydrogen (secondary N) is 1. The smallest absolute Gasteiger partial charge is 0.227 e. The summed E-state index contributed by atoms with van der Waals surface area (Å²) >= 11 is 0. The van der Waals surface area contributed by atoms with Crippen LogP contribution >= 0.6 is 0 Å². The average Bonchev–Trinajstić information content (AvgIpc) is 3.34. The third kappa shape index (κ3) is 4.91. The van der Waals surface area contributed by atoms with Crippen molar-refractivity contribution in [3.05, 3.63) is 42.2 Å². The minimum Gasteiger partial charge on any atom is -0.383 e. The average molecular weight is 433 g/mol. The van der Waals surface area contributed by atoms with E-state index in [2.05, 4.69) is 15.3 Å². The van der Waals surface area contributed by atoms with E-state index in [0.717, 1.165) is 37.1 Å². The van der Waals surface area contributed by atoms with Crippen LogP contribution in [0, 0.1) is 5.92 Å². The first kappa shape index (κ1) is 21.0. The molecule has 1 N–H and O–H groups in total. The third-order valence-corrected chi connectivity index (χ3v) is 6.92. The van der Waals surface area contributed by atoms with Crippen LogP contribution < -0.4 is 5.32 Å². The molecular weight excluding hydrogens is 404 g/mol. The summed E-state index contributed by atoms with van der Waals surface area (Å²) in [7, 11) is -1.49. The molecule has 1 saturated carbocycles. The van der Waals surface area contributed by atoms with E-state index in [9.17, 15) is 13.2 Å². The van der Waals surface area contributed by atoms with Crippen LogP contribution in [0.3, 0.4) is 0 Å². The molecule has 0 radical (unpaired) electrons. The lowest BCUT2D eigenvalue weighted by atomic mass is 10.1. The Labute approximate surface area is 177 Å². The fourth-order valence-electron chi connectivity index (χ4n) is 3.98. The van der Waals surface area contributed by atoms with Crippen LogP contribution in [-0.2, 0) is 25.9 Å². The Balaban J connectivity index is 1.42. The monoisotopic (exact) mass is 432 g/mol. The molecule has 8 nitrogen and oxygen atoms in total. The summed E-state index contributed by atoms with van der Waals surface area (Å²) in [6.45, 7) is 2.13. The zero-order valence-corrected chi connectivity index (χ0v) is 18.1. The van der Waals surface area contributed by atoms with Gasteiger partial charge in [-0.25, -0.2) is 8.42 Å². The Bertz CT molecular complexity index is 998. The van der Waals surface area contributed by atoms with E-state index in [4.69, 9.17) is 4.74 Å². The number of anilines is 1. The summed E-state index contributed by atoms with van der Waals surface area (Å²) < 4.78 is 30.7. The molecule has 0 bridgehead atoms. The van der Waals surface area contributed by atoms with E-state index < -0.39 is 9.84 Å². The molecule has 1 aliphatic carbocycles. The van der Waals surface area contributed by atoms with Crippen molar-refractivity contribution in [1.29, 1.82) is 0 Å². The first-order valence-corrected chi connectivity index (χ1v) is 12.1. The number of carbonyl (C=O) groups excluding carboxylic acids is 1. The molecule has 0 unspecified atom stereocenters. The van der Waals surface area contributed by atoms with Crippen molar-refractivity contribution < 1.29 is 17.9 Å². The molecule has 2 aliphatic rings. The van der Waals surface area contributed by atoms with E-state index in [1.54, 1.807) is 25.4 Å². The van der Waals surface area contributed by atoms with Gasteiger partial charge in [-0.3, -0.25) is 14.4 Å². The molecule has 1 aromatic carbocycles. The number of sulfone groups is 1. The lowest BCUT2D eigenvalue weighted by Crippen LogP contribution is -2.32. The zero-order chi connectivity index (χ0) is 21.3. The number of nitrogens with zero attached hydrogens (tertiary/aromatic N) is 3. The number of hydrogen-bond donors (Lipinski definition) is 1. The van der Waals surface area contributed by atoms with Gasteiger partial charge in [0, 0.05) is 44.6 Å². The number of carbonyl (C=O) groups is 1. The van der Waals surface area contributed by atoms with Gasteiger partial charge in [0.05, 0.1) is 29.4 Å². The first-order valence-electron chi connectivity index (χ1n) is 10.2. The number of likely N-dealkylation sites (tertiary alicyclic amines) is 1. The number of aromatic nitrogens is 2. The molecule has 0 spiro atoms. The summed E-state index contributed by atoms with van der Waals surface area (Å²) in [6, 6.07) is 7.48. The van der Waals surface area contributed by atoms with Crippen molar-refractivity contribution in [3.8, 4) is 0 Å². The lowest BCUT2D eigenvalue weighted by molar-refractivity contribution is -0.117. The molecule has 9 heteroatoms. The first-order chi connectivity index (χ1) is 14.3. The van der Waals surface area contributed by atoms with Crippen molar-refractivity contribution in [1.82, 2.24) is 14.7 Å². The molecule has 1 aliphatic heterocycles. The summed E-state index contributed by atoms with van der Waals surface area (Å²) in [4.78, 5) is 14.6. The highest BCUT2D eigenvalue weighted by atomic mass is 32.2. The van der Waals surface area contributed by atoms with Gasteiger partial charge in [0.2, 0.25) is 5.91 Å². The van der Waals surface area contributed by atoms with Crippen molar-refractivity contribution in [2.75, 3.05) is 31.8 Å². The standard InChI is InChI=1S/C21H28N4O4S/c1-29-14-19-9-18(25-12-17(10-22-25)23-21(26)16-5-6-16)13-24(19)11-15-3-7-20(8-4-15)30(2,27)28/h3-4,7-8,10,12,16,18-19H,5-6,9,11,13-14H2,1-2H3,(H,23,26)/t18-,19-/m0/s1. The molecule has 2 aromatic rings. The number of ether oxygens (including phenoxy) is 1. The molecule has 2 heterocycles. The number of amides is 1. The summed E-state index contributed by atoms with van der Waals surface area (Å²) in [6.07, 6.45) is 7.67. The Kier molecular flexibility index (Phi) is 5.95. The molecule has 2 atom stereocenters. The highest BCUT2D eigenvalue weighted by molar-refractivity contribution is 7.90. The number of methoxy groups -OCH3 is 1. The fourth-order valence-corrected chi connectivity index (χ4v) is 4.61. The topological polar surface area (TPSA) is 93.5 Å². The fraction of sp³-hybridized carbons (Fsp3) is 0.524. The van der Waals surface area contributed by atoms with Gasteiger partial charge in [0.25, 0.3) is 0 Å². The Morgan fingerprint density at radius 2 is 2.00 bits per heavy atom. The van der Waals surface area contributed by atoms with E-state index in [-0.39, 0.29) is 23.9 Å². The normalized spacial score (nSPS) is 22.3. The predicted octanol–water partition coefficient (Wildman–Crippen LogP) is 2.10. The lowest BCUT2D eigenvalue weighted by Gasteiger charge is -2.23. The molecule has 1 amide bonds. The van der Waals surface area contributed by atoms with E-state index >= 15 is 0 Å². The maximum absolute atomic E-state index is 12.0. The van der Waals surface area contributed by atoms with Crippen LogP contribution in [0.25, 0.3) is 0 Å². The molecule has 162 valence electrons. The number of benzene rings is 1. The van der Waals surface area contributed by atoms with Gasteiger partial charge in [-0.05, 0) is 37.0 Å². The third-order valence-electron chi connectivity index (χ3n) is 5.79. The van der Waals surface area contributed by atoms with Crippen LogP contribution in [0.5, 0.6) is 0 Å². The highest BCUT2D eigenvalue weighted by Gasteiger charge is 2.34. The van der Waals surface area contributed by atoms with Gasteiger partial charge in [0.1, 0.15) is 0 Å². The molecule has 1 saturated heterocycles. The second-order valence-corrected chi connectivity index (χ2v) is 10.3. The largest absolute Gasteiger partial charge is 0.383 e. The highest BCUT2D eigenvalue weighted by Crippen LogP contribution is 2.32. The Morgan fingerprint density at radius 1 is 1.27 bits per heavy atom. The second kappa shape index (κ2) is 8.49. The molecule has 1 aromatic heterocycles. The number of rotatable bonds is 8. The maximum Gasteiger partial charge on any atom is 0.227 e. The Morgan fingerprint density at radius 3 is 2.63 bits per heavy atom. The summed E-state index contributed by atoms with van der Waals surface area (Å²) in [5.74, 6) is 0.243. The van der Waals surface area contributed by atoms with Gasteiger partial charge in [-0.15, -0.1) is 0 Å². The van der Waals surface area contributed by atoms with Gasteiger partial charge < -0.3 is 10.1 Å². The van der Waals surface area contributed by atoms with Crippen LogP contribution in [0.2, 0.25) is 0 Å². The SMILES string of the molecule is COC[C@@H]1C[C@H](n2cc(NC(=O)C3CC3)cn2)CN1Cc1ccc(S(C)(=O)=O)cc1. The quantitative estimate of drug-likeness (QED) is 0.687. The predicted molar refractivity (Wildman–Crippen MR) is 113 cm³/mol. The minimum absolute atomic E-state index is 0.0809. The number of hydrogen-bond acceptors (Lipinski definition) is 6. The van der Waals surface area contributed by atoms with Crippen LogP contribution in [0.15, 0.2) is 41.6 Å². The van der Waals surface area contributed by atoms with Crippen LogP contribution in [0.4, 0.5) is 5.69 Å². The van der Waals surface area contributed by atoms with Gasteiger partial charge in [0.15, 0.2) is 9.84 Å². The van der Waals surface area contributed by atoms with Crippen molar-refractivity contribution in [3.63, 3.8) is 0 Å².